The molecule has 7 heteroatoms. The number of aryl methyl sites for hydroxylation is 1. The quantitative estimate of drug-likeness (QED) is 0.599. The van der Waals surface area contributed by atoms with Crippen molar-refractivity contribution in [3.63, 3.8) is 0 Å². The van der Waals surface area contributed by atoms with E-state index in [1.165, 1.54) is 0 Å². The van der Waals surface area contributed by atoms with Gasteiger partial charge in [-0.3, -0.25) is 0 Å². The highest BCUT2D eigenvalue weighted by atomic mass is 35.5. The molecule has 0 bridgehead atoms. The minimum Gasteiger partial charge on any atom is -0.461 e. The Hall–Kier alpha value is -2.86. The largest absolute Gasteiger partial charge is 0.461 e. The number of hydrogen-bond acceptors (Lipinski definition) is 5. The summed E-state index contributed by atoms with van der Waals surface area (Å²) in [5.41, 5.74) is 2.71. The number of halogens is 1. The van der Waals surface area contributed by atoms with Gasteiger partial charge in [-0.05, 0) is 43.7 Å². The third-order valence-electron chi connectivity index (χ3n) is 3.71. The molecule has 0 aliphatic rings. The number of rotatable bonds is 3. The van der Waals surface area contributed by atoms with Crippen LogP contribution in [-0.4, -0.2) is 19.6 Å². The van der Waals surface area contributed by atoms with Crippen LogP contribution in [0.1, 0.15) is 11.3 Å². The van der Waals surface area contributed by atoms with E-state index >= 15 is 0 Å². The number of hydrogen-bond donors (Lipinski definition) is 1. The van der Waals surface area contributed by atoms with E-state index in [1.54, 1.807) is 16.8 Å². The topological polar surface area (TPSA) is 68.2 Å². The van der Waals surface area contributed by atoms with Gasteiger partial charge in [0.25, 0.3) is 5.78 Å². The van der Waals surface area contributed by atoms with Crippen molar-refractivity contribution >= 4 is 28.9 Å². The average Bonchev–Trinajstić information content (AvgIpc) is 3.20. The Morgan fingerprint density at radius 3 is 2.79 bits per heavy atom. The van der Waals surface area contributed by atoms with Gasteiger partial charge in [-0.25, -0.2) is 4.98 Å². The molecular formula is C17H14ClN5O. The second-order valence-corrected chi connectivity index (χ2v) is 5.85. The van der Waals surface area contributed by atoms with Gasteiger partial charge >= 0.3 is 0 Å². The summed E-state index contributed by atoms with van der Waals surface area (Å²) in [6.07, 6.45) is 1.59. The number of aromatic nitrogens is 4. The van der Waals surface area contributed by atoms with Crippen LogP contribution >= 0.6 is 11.6 Å². The normalized spacial score (nSPS) is 11.1. The standard InChI is InChI=1S/C17H14ClN5O/c1-10-9-15(20-13-6-3-5-12(18)11(13)2)23-17(19-10)21-16(22-23)14-7-4-8-24-14/h3-9,20H,1-2H3. The molecule has 0 aliphatic carbocycles. The Kier molecular flexibility index (Phi) is 3.46. The van der Waals surface area contributed by atoms with Crippen LogP contribution in [0.4, 0.5) is 11.5 Å². The highest BCUT2D eigenvalue weighted by molar-refractivity contribution is 6.31. The molecule has 1 N–H and O–H groups in total. The van der Waals surface area contributed by atoms with Gasteiger partial charge in [-0.2, -0.15) is 9.50 Å². The van der Waals surface area contributed by atoms with Crippen molar-refractivity contribution < 1.29 is 4.42 Å². The molecular weight excluding hydrogens is 326 g/mol. The van der Waals surface area contributed by atoms with E-state index in [-0.39, 0.29) is 0 Å². The molecule has 3 aromatic heterocycles. The third-order valence-corrected chi connectivity index (χ3v) is 4.12. The summed E-state index contributed by atoms with van der Waals surface area (Å²) in [5.74, 6) is 2.35. The first kappa shape index (κ1) is 14.7. The van der Waals surface area contributed by atoms with Crippen LogP contribution in [0.5, 0.6) is 0 Å². The van der Waals surface area contributed by atoms with Crippen LogP contribution in [0.15, 0.2) is 47.1 Å². The van der Waals surface area contributed by atoms with Gasteiger partial charge in [0.1, 0.15) is 5.82 Å². The maximum absolute atomic E-state index is 6.20. The number of nitrogens with one attached hydrogen (secondary N) is 1. The Labute approximate surface area is 143 Å². The molecule has 0 atom stereocenters. The first-order valence-electron chi connectivity index (χ1n) is 7.42. The summed E-state index contributed by atoms with van der Waals surface area (Å²) in [7, 11) is 0. The molecule has 0 unspecified atom stereocenters. The van der Waals surface area contributed by atoms with Crippen LogP contribution in [0.25, 0.3) is 17.4 Å². The smallest absolute Gasteiger partial charge is 0.255 e. The van der Waals surface area contributed by atoms with Gasteiger partial charge in [0.2, 0.25) is 5.82 Å². The van der Waals surface area contributed by atoms with E-state index in [0.717, 1.165) is 22.8 Å². The fraction of sp³-hybridized carbons (Fsp3) is 0.118. The fourth-order valence-electron chi connectivity index (χ4n) is 2.47. The maximum atomic E-state index is 6.20. The lowest BCUT2D eigenvalue weighted by Gasteiger charge is -2.11. The van der Waals surface area contributed by atoms with Crippen molar-refractivity contribution in [2.24, 2.45) is 0 Å². The zero-order valence-electron chi connectivity index (χ0n) is 13.1. The van der Waals surface area contributed by atoms with Crippen LogP contribution in [0, 0.1) is 13.8 Å². The van der Waals surface area contributed by atoms with Crippen molar-refractivity contribution in [3.05, 3.63) is 58.9 Å². The fourth-order valence-corrected chi connectivity index (χ4v) is 2.64. The summed E-state index contributed by atoms with van der Waals surface area (Å²) in [6.45, 7) is 3.88. The van der Waals surface area contributed by atoms with E-state index in [1.807, 2.05) is 44.2 Å². The van der Waals surface area contributed by atoms with Gasteiger partial charge in [0.15, 0.2) is 5.76 Å². The van der Waals surface area contributed by atoms with Crippen molar-refractivity contribution in [1.29, 1.82) is 0 Å². The van der Waals surface area contributed by atoms with Gasteiger partial charge in [0.05, 0.1) is 6.26 Å². The first-order chi connectivity index (χ1) is 11.6. The minimum atomic E-state index is 0.490. The lowest BCUT2D eigenvalue weighted by molar-refractivity contribution is 0.577. The lowest BCUT2D eigenvalue weighted by atomic mass is 10.2. The lowest BCUT2D eigenvalue weighted by Crippen LogP contribution is -2.03. The van der Waals surface area contributed by atoms with Crippen LogP contribution in [0.2, 0.25) is 5.02 Å². The van der Waals surface area contributed by atoms with Crippen molar-refractivity contribution in [2.45, 2.75) is 13.8 Å². The number of benzene rings is 1. The maximum Gasteiger partial charge on any atom is 0.255 e. The number of anilines is 2. The number of furan rings is 1. The van der Waals surface area contributed by atoms with Gasteiger partial charge < -0.3 is 9.73 Å². The number of fused-ring (bicyclic) bond motifs is 1. The molecule has 6 nitrogen and oxygen atoms in total. The first-order valence-corrected chi connectivity index (χ1v) is 7.80. The predicted octanol–water partition coefficient (Wildman–Crippen LogP) is 4.40. The molecule has 1 aromatic carbocycles. The molecule has 0 aliphatic heterocycles. The van der Waals surface area contributed by atoms with Gasteiger partial charge in [-0.1, -0.05) is 17.7 Å². The number of nitrogens with zero attached hydrogens (tertiary/aromatic N) is 4. The van der Waals surface area contributed by atoms with Crippen LogP contribution in [0.3, 0.4) is 0 Å². The molecule has 0 saturated carbocycles. The summed E-state index contributed by atoms with van der Waals surface area (Å²) < 4.78 is 7.03. The molecule has 120 valence electrons. The van der Waals surface area contributed by atoms with Crippen molar-refractivity contribution in [2.75, 3.05) is 5.32 Å². The Morgan fingerprint density at radius 2 is 2.00 bits per heavy atom. The Morgan fingerprint density at radius 1 is 1.12 bits per heavy atom. The summed E-state index contributed by atoms with van der Waals surface area (Å²) in [5, 5.41) is 8.56. The monoisotopic (exact) mass is 339 g/mol. The van der Waals surface area contributed by atoms with Gasteiger partial charge in [0, 0.05) is 22.5 Å². The van der Waals surface area contributed by atoms with Crippen molar-refractivity contribution in [1.82, 2.24) is 19.6 Å². The summed E-state index contributed by atoms with van der Waals surface area (Å²) >= 11 is 6.20. The second-order valence-electron chi connectivity index (χ2n) is 5.44. The Bertz CT molecular complexity index is 1020. The molecule has 3 heterocycles. The van der Waals surface area contributed by atoms with Crippen molar-refractivity contribution in [3.8, 4) is 11.6 Å². The SMILES string of the molecule is Cc1cc(Nc2cccc(Cl)c2C)n2nc(-c3ccco3)nc2n1. The molecule has 0 spiro atoms. The minimum absolute atomic E-state index is 0.490. The van der Waals surface area contributed by atoms with E-state index in [4.69, 9.17) is 16.0 Å². The molecule has 4 aromatic rings. The Balaban J connectivity index is 1.84. The molecule has 0 amide bonds. The van der Waals surface area contributed by atoms with Crippen LogP contribution < -0.4 is 5.32 Å². The van der Waals surface area contributed by atoms with E-state index in [2.05, 4.69) is 20.4 Å². The van der Waals surface area contributed by atoms with E-state index in [9.17, 15) is 0 Å². The average molecular weight is 340 g/mol. The zero-order chi connectivity index (χ0) is 16.7. The molecule has 0 saturated heterocycles. The van der Waals surface area contributed by atoms with E-state index in [0.29, 0.717) is 22.4 Å². The summed E-state index contributed by atoms with van der Waals surface area (Å²) in [6, 6.07) is 11.3. The zero-order valence-corrected chi connectivity index (χ0v) is 13.9. The molecule has 4 rings (SSSR count). The second kappa shape index (κ2) is 5.65. The highest BCUT2D eigenvalue weighted by Gasteiger charge is 2.14. The van der Waals surface area contributed by atoms with Crippen LogP contribution in [-0.2, 0) is 0 Å². The molecule has 0 radical (unpaired) electrons. The predicted molar refractivity (Wildman–Crippen MR) is 92.7 cm³/mol. The summed E-state index contributed by atoms with van der Waals surface area (Å²) in [4.78, 5) is 8.87. The third kappa shape index (κ3) is 2.51. The van der Waals surface area contributed by atoms with E-state index < -0.39 is 0 Å². The van der Waals surface area contributed by atoms with Gasteiger partial charge in [-0.15, -0.1) is 5.10 Å². The molecule has 24 heavy (non-hydrogen) atoms. The molecule has 0 fully saturated rings. The highest BCUT2D eigenvalue weighted by Crippen LogP contribution is 2.27.